The molecule has 0 saturated heterocycles. The van der Waals surface area contributed by atoms with Crippen molar-refractivity contribution >= 4 is 28.8 Å². The quantitative estimate of drug-likeness (QED) is 0.718. The lowest BCUT2D eigenvalue weighted by molar-refractivity contribution is 1.23. The number of nitrogens with one attached hydrogen (secondary N) is 1. The Morgan fingerprint density at radius 2 is 1.72 bits per heavy atom. The van der Waals surface area contributed by atoms with E-state index in [0.29, 0.717) is 0 Å². The molecule has 0 fully saturated rings. The minimum absolute atomic E-state index is 0.168. The van der Waals surface area contributed by atoms with Crippen molar-refractivity contribution in [1.82, 2.24) is 10.2 Å². The van der Waals surface area contributed by atoms with Crippen LogP contribution in [0.15, 0.2) is 66.8 Å². The van der Waals surface area contributed by atoms with Crippen molar-refractivity contribution in [2.24, 2.45) is 0 Å². The number of pyridine rings is 1. The van der Waals surface area contributed by atoms with Crippen LogP contribution < -0.4 is 10.7 Å². The van der Waals surface area contributed by atoms with Gasteiger partial charge in [-0.25, -0.2) is 0 Å². The maximum absolute atomic E-state index is 4.65. The molecule has 2 nitrogen and oxygen atoms in total. The van der Waals surface area contributed by atoms with E-state index in [1.54, 1.807) is 0 Å². The predicted octanol–water partition coefficient (Wildman–Crippen LogP) is 4.10. The van der Waals surface area contributed by atoms with Crippen LogP contribution >= 0.6 is 0 Å². The molecule has 0 saturated carbocycles. The number of allylic oxidation sites excluding steroid dienone is 2. The summed E-state index contributed by atoms with van der Waals surface area (Å²) in [5.41, 5.74) is 7.40. The first kappa shape index (κ1) is 15.7. The Kier molecular flexibility index (Phi) is 3.93. The Morgan fingerprint density at radius 1 is 0.960 bits per heavy atom. The van der Waals surface area contributed by atoms with Gasteiger partial charge in [-0.2, -0.15) is 0 Å². The van der Waals surface area contributed by atoms with Crippen LogP contribution in [-0.4, -0.2) is 11.8 Å². The van der Waals surface area contributed by atoms with Crippen molar-refractivity contribution in [2.45, 2.75) is 20.8 Å². The average molecular weight is 324 g/mol. The van der Waals surface area contributed by atoms with Crippen LogP contribution in [0, 0.1) is 20.8 Å². The molecule has 25 heavy (non-hydrogen) atoms. The minimum Gasteiger partial charge on any atom is -0.419 e. The van der Waals surface area contributed by atoms with Gasteiger partial charge in [-0.1, -0.05) is 65.1 Å². The van der Waals surface area contributed by atoms with Gasteiger partial charge in [-0.15, -0.1) is 0 Å². The summed E-state index contributed by atoms with van der Waals surface area (Å²) in [6.07, 6.45) is 6.14. The molecular formula is C22H21BN2. The maximum Gasteiger partial charge on any atom is 0.313 e. The van der Waals surface area contributed by atoms with Crippen molar-refractivity contribution in [3.8, 4) is 0 Å². The summed E-state index contributed by atoms with van der Waals surface area (Å²) in [4.78, 5) is 4.65. The smallest absolute Gasteiger partial charge is 0.313 e. The van der Waals surface area contributed by atoms with Gasteiger partial charge in [0.05, 0.1) is 5.69 Å². The van der Waals surface area contributed by atoms with Gasteiger partial charge in [-0.3, -0.25) is 4.98 Å². The molecule has 1 aliphatic rings. The number of aromatic nitrogens is 1. The SMILES string of the molecule is Cc1cc(C)c(B2C=CC=C(c3nccc4ccccc34)N2)c(C)c1. The first-order valence-electron chi connectivity index (χ1n) is 8.70. The number of benzene rings is 2. The zero-order valence-electron chi connectivity index (χ0n) is 14.9. The highest BCUT2D eigenvalue weighted by Gasteiger charge is 2.23. The number of hydrogen-bond acceptors (Lipinski definition) is 2. The van der Waals surface area contributed by atoms with E-state index < -0.39 is 0 Å². The first-order valence-corrected chi connectivity index (χ1v) is 8.70. The third kappa shape index (κ3) is 2.87. The standard InChI is InChI=1S/C22H21BN2/c1-15-13-16(2)21(17(3)14-15)23-11-6-9-20(25-23)22-19-8-5-4-7-18(19)10-12-24-22/h4-14,25H,1-3H3. The summed E-state index contributed by atoms with van der Waals surface area (Å²) < 4.78 is 0. The van der Waals surface area contributed by atoms with Crippen molar-refractivity contribution in [1.29, 1.82) is 0 Å². The van der Waals surface area contributed by atoms with Crippen molar-refractivity contribution in [2.75, 3.05) is 0 Å². The summed E-state index contributed by atoms with van der Waals surface area (Å²) >= 11 is 0. The Hall–Kier alpha value is -2.81. The molecule has 4 rings (SSSR count). The molecule has 3 aromatic rings. The van der Waals surface area contributed by atoms with E-state index in [2.05, 4.69) is 91.6 Å². The fourth-order valence-electron chi connectivity index (χ4n) is 3.86. The molecule has 0 bridgehead atoms. The molecule has 0 amide bonds. The Balaban J connectivity index is 1.75. The number of nitrogens with zero attached hydrogens (tertiary/aromatic N) is 1. The van der Waals surface area contributed by atoms with Crippen molar-refractivity contribution in [3.63, 3.8) is 0 Å². The van der Waals surface area contributed by atoms with E-state index in [4.69, 9.17) is 0 Å². The molecule has 1 aromatic heterocycles. The zero-order valence-corrected chi connectivity index (χ0v) is 14.9. The number of aryl methyl sites for hydroxylation is 3. The van der Waals surface area contributed by atoms with E-state index in [0.717, 1.165) is 11.4 Å². The third-order valence-corrected chi connectivity index (χ3v) is 4.86. The second kappa shape index (κ2) is 6.25. The molecule has 122 valence electrons. The van der Waals surface area contributed by atoms with Crippen molar-refractivity contribution < 1.29 is 0 Å². The topological polar surface area (TPSA) is 24.9 Å². The monoisotopic (exact) mass is 324 g/mol. The van der Waals surface area contributed by atoms with Gasteiger partial charge in [0, 0.05) is 17.3 Å². The third-order valence-electron chi connectivity index (χ3n) is 4.86. The second-order valence-electron chi connectivity index (χ2n) is 6.78. The summed E-state index contributed by atoms with van der Waals surface area (Å²) in [7, 11) is 0. The van der Waals surface area contributed by atoms with E-state index in [1.165, 1.54) is 32.9 Å². The minimum atomic E-state index is 0.168. The predicted molar refractivity (Wildman–Crippen MR) is 108 cm³/mol. The lowest BCUT2D eigenvalue weighted by Crippen LogP contribution is -2.46. The largest absolute Gasteiger partial charge is 0.419 e. The molecule has 0 radical (unpaired) electrons. The Labute approximate surface area is 149 Å². The zero-order chi connectivity index (χ0) is 17.4. The lowest BCUT2D eigenvalue weighted by atomic mass is 9.52. The van der Waals surface area contributed by atoms with Gasteiger partial charge in [0.1, 0.15) is 0 Å². The second-order valence-corrected chi connectivity index (χ2v) is 6.78. The van der Waals surface area contributed by atoms with Crippen LogP contribution in [0.3, 0.4) is 0 Å². The number of rotatable bonds is 2. The lowest BCUT2D eigenvalue weighted by Gasteiger charge is -2.23. The van der Waals surface area contributed by atoms with Crippen LogP contribution in [0.25, 0.3) is 16.5 Å². The first-order chi connectivity index (χ1) is 12.1. The molecule has 0 spiro atoms. The van der Waals surface area contributed by atoms with Gasteiger partial charge < -0.3 is 5.23 Å². The molecule has 0 atom stereocenters. The van der Waals surface area contributed by atoms with Crippen LogP contribution in [0.2, 0.25) is 0 Å². The van der Waals surface area contributed by atoms with Gasteiger partial charge >= 0.3 is 6.85 Å². The fourth-order valence-corrected chi connectivity index (χ4v) is 3.86. The molecule has 2 heterocycles. The van der Waals surface area contributed by atoms with Gasteiger partial charge in [-0.05, 0) is 43.8 Å². The summed E-state index contributed by atoms with van der Waals surface area (Å²) in [5, 5.41) is 6.08. The van der Waals surface area contributed by atoms with E-state index >= 15 is 0 Å². The van der Waals surface area contributed by atoms with Crippen LogP contribution in [0.5, 0.6) is 0 Å². The Morgan fingerprint density at radius 3 is 2.52 bits per heavy atom. The summed E-state index contributed by atoms with van der Waals surface area (Å²) in [6.45, 7) is 6.71. The molecular weight excluding hydrogens is 303 g/mol. The molecule has 2 aromatic carbocycles. The van der Waals surface area contributed by atoms with Crippen LogP contribution in [0.4, 0.5) is 0 Å². The average Bonchev–Trinajstić information content (AvgIpc) is 2.61. The van der Waals surface area contributed by atoms with Crippen LogP contribution in [-0.2, 0) is 0 Å². The molecule has 0 aliphatic carbocycles. The number of hydrogen-bond donors (Lipinski definition) is 1. The number of fused-ring (bicyclic) bond motifs is 1. The normalized spacial score (nSPS) is 13.7. The fraction of sp³-hybridized carbons (Fsp3) is 0.136. The van der Waals surface area contributed by atoms with E-state index in [9.17, 15) is 0 Å². The molecule has 1 aliphatic heterocycles. The van der Waals surface area contributed by atoms with Gasteiger partial charge in [0.15, 0.2) is 0 Å². The molecule has 1 N–H and O–H groups in total. The van der Waals surface area contributed by atoms with Gasteiger partial charge in [0.25, 0.3) is 0 Å². The highest BCUT2D eigenvalue weighted by molar-refractivity contribution is 6.77. The molecule has 3 heteroatoms. The molecule has 0 unspecified atom stereocenters. The summed E-state index contributed by atoms with van der Waals surface area (Å²) in [5.74, 6) is 2.22. The van der Waals surface area contributed by atoms with Gasteiger partial charge in [0.2, 0.25) is 0 Å². The Bertz CT molecular complexity index is 989. The van der Waals surface area contributed by atoms with E-state index in [1.807, 2.05) is 6.20 Å². The van der Waals surface area contributed by atoms with Crippen LogP contribution in [0.1, 0.15) is 22.4 Å². The summed E-state index contributed by atoms with van der Waals surface area (Å²) in [6, 6.07) is 15.0. The highest BCUT2D eigenvalue weighted by atomic mass is 14.9. The van der Waals surface area contributed by atoms with Crippen molar-refractivity contribution in [3.05, 3.63) is 89.2 Å². The maximum atomic E-state index is 4.65. The van der Waals surface area contributed by atoms with E-state index in [-0.39, 0.29) is 6.85 Å². The highest BCUT2D eigenvalue weighted by Crippen LogP contribution is 2.23.